The third kappa shape index (κ3) is 3.70. The molecule has 0 aromatic heterocycles. The number of rotatable bonds is 3. The van der Waals surface area contributed by atoms with Crippen molar-refractivity contribution in [3.8, 4) is 0 Å². The fourth-order valence-corrected chi connectivity index (χ4v) is 0.150. The molecule has 58 valence electrons. The third-order valence-electron chi connectivity index (χ3n) is 1.15. The SMILES string of the molecule is CC(CO)(CO)CO.Cl. The largest absolute Gasteiger partial charge is 0.396 e. The lowest BCUT2D eigenvalue weighted by molar-refractivity contribution is 0.0200. The fourth-order valence-electron chi connectivity index (χ4n) is 0.150. The van der Waals surface area contributed by atoms with Crippen molar-refractivity contribution in [2.75, 3.05) is 19.8 Å². The summed E-state index contributed by atoms with van der Waals surface area (Å²) in [5.41, 5.74) is -0.708. The normalized spacial score (nSPS) is 10.7. The van der Waals surface area contributed by atoms with E-state index in [9.17, 15) is 0 Å². The Bertz CT molecular complexity index is 55.0. The Labute approximate surface area is 60.7 Å². The average molecular weight is 157 g/mol. The van der Waals surface area contributed by atoms with Gasteiger partial charge < -0.3 is 15.3 Å². The second-order valence-corrected chi connectivity index (χ2v) is 2.29. The standard InChI is InChI=1S/C5H12O3.ClH/c1-5(2-6,3-7)4-8;/h6-8H,2-4H2,1H3;1H. The molecule has 0 spiro atoms. The van der Waals surface area contributed by atoms with Crippen LogP contribution in [0.5, 0.6) is 0 Å². The van der Waals surface area contributed by atoms with E-state index in [-0.39, 0.29) is 32.2 Å². The van der Waals surface area contributed by atoms with E-state index in [2.05, 4.69) is 0 Å². The fraction of sp³-hybridized carbons (Fsp3) is 1.00. The summed E-state index contributed by atoms with van der Waals surface area (Å²) >= 11 is 0. The molecule has 0 aliphatic heterocycles. The molecule has 0 unspecified atom stereocenters. The van der Waals surface area contributed by atoms with Gasteiger partial charge in [-0.15, -0.1) is 12.4 Å². The van der Waals surface area contributed by atoms with Crippen LogP contribution in [0.1, 0.15) is 6.92 Å². The highest BCUT2D eigenvalue weighted by atomic mass is 35.5. The van der Waals surface area contributed by atoms with Crippen LogP contribution in [-0.4, -0.2) is 35.1 Å². The van der Waals surface area contributed by atoms with Crippen molar-refractivity contribution in [3.63, 3.8) is 0 Å². The van der Waals surface area contributed by atoms with Gasteiger partial charge in [0.25, 0.3) is 0 Å². The molecular weight excluding hydrogens is 144 g/mol. The molecule has 0 saturated carbocycles. The van der Waals surface area contributed by atoms with E-state index in [0.29, 0.717) is 0 Å². The molecule has 3 nitrogen and oxygen atoms in total. The van der Waals surface area contributed by atoms with Gasteiger partial charge in [-0.1, -0.05) is 6.92 Å². The van der Waals surface area contributed by atoms with Crippen molar-refractivity contribution < 1.29 is 15.3 Å². The second-order valence-electron chi connectivity index (χ2n) is 2.29. The molecule has 0 heterocycles. The molecule has 0 aromatic rings. The second kappa shape index (κ2) is 4.99. The third-order valence-corrected chi connectivity index (χ3v) is 1.15. The van der Waals surface area contributed by atoms with Crippen LogP contribution in [0.25, 0.3) is 0 Å². The molecule has 0 atom stereocenters. The zero-order chi connectivity index (χ0) is 6.62. The van der Waals surface area contributed by atoms with Gasteiger partial charge in [0.1, 0.15) is 0 Å². The van der Waals surface area contributed by atoms with E-state index >= 15 is 0 Å². The Morgan fingerprint density at radius 3 is 1.22 bits per heavy atom. The monoisotopic (exact) mass is 156 g/mol. The topological polar surface area (TPSA) is 60.7 Å². The van der Waals surface area contributed by atoms with Gasteiger partial charge in [0.05, 0.1) is 19.8 Å². The van der Waals surface area contributed by atoms with E-state index in [1.165, 1.54) is 0 Å². The first kappa shape index (κ1) is 11.9. The highest BCUT2D eigenvalue weighted by Crippen LogP contribution is 2.10. The van der Waals surface area contributed by atoms with Gasteiger partial charge in [0, 0.05) is 5.41 Å². The van der Waals surface area contributed by atoms with Crippen LogP contribution in [0.2, 0.25) is 0 Å². The van der Waals surface area contributed by atoms with Crippen LogP contribution in [0.4, 0.5) is 0 Å². The Kier molecular flexibility index (Phi) is 6.61. The summed E-state index contributed by atoms with van der Waals surface area (Å²) in [6.45, 7) is 1.06. The molecule has 4 heteroatoms. The maximum atomic E-state index is 8.47. The lowest BCUT2D eigenvalue weighted by atomic mass is 9.95. The van der Waals surface area contributed by atoms with E-state index < -0.39 is 5.41 Å². The number of aliphatic hydroxyl groups excluding tert-OH is 3. The van der Waals surface area contributed by atoms with Crippen LogP contribution >= 0.6 is 12.4 Å². The number of hydrogen-bond donors (Lipinski definition) is 3. The van der Waals surface area contributed by atoms with Crippen LogP contribution in [0.15, 0.2) is 0 Å². The van der Waals surface area contributed by atoms with Gasteiger partial charge >= 0.3 is 0 Å². The maximum Gasteiger partial charge on any atom is 0.0528 e. The molecule has 0 radical (unpaired) electrons. The summed E-state index contributed by atoms with van der Waals surface area (Å²) in [6, 6.07) is 0. The summed E-state index contributed by atoms with van der Waals surface area (Å²) < 4.78 is 0. The summed E-state index contributed by atoms with van der Waals surface area (Å²) in [7, 11) is 0. The lowest BCUT2D eigenvalue weighted by Gasteiger charge is -2.20. The smallest absolute Gasteiger partial charge is 0.0528 e. The Hall–Kier alpha value is 0.170. The first-order chi connectivity index (χ1) is 3.68. The highest BCUT2D eigenvalue weighted by Gasteiger charge is 2.20. The molecule has 0 aliphatic rings. The summed E-state index contributed by atoms with van der Waals surface area (Å²) in [6.07, 6.45) is 0. The van der Waals surface area contributed by atoms with Crippen molar-refractivity contribution in [1.82, 2.24) is 0 Å². The molecule has 0 amide bonds. The first-order valence-electron chi connectivity index (χ1n) is 2.51. The van der Waals surface area contributed by atoms with Crippen LogP contribution in [0.3, 0.4) is 0 Å². The van der Waals surface area contributed by atoms with Gasteiger partial charge in [0.2, 0.25) is 0 Å². The minimum atomic E-state index is -0.708. The summed E-state index contributed by atoms with van der Waals surface area (Å²) in [5.74, 6) is 0. The number of aliphatic hydroxyl groups is 3. The van der Waals surface area contributed by atoms with E-state index in [0.717, 1.165) is 0 Å². The summed E-state index contributed by atoms with van der Waals surface area (Å²) in [5, 5.41) is 25.4. The number of halogens is 1. The molecule has 0 aliphatic carbocycles. The van der Waals surface area contributed by atoms with Crippen LogP contribution in [-0.2, 0) is 0 Å². The Morgan fingerprint density at radius 1 is 1.00 bits per heavy atom. The van der Waals surface area contributed by atoms with Crippen molar-refractivity contribution >= 4 is 12.4 Å². The predicted molar refractivity (Wildman–Crippen MR) is 36.6 cm³/mol. The van der Waals surface area contributed by atoms with E-state index in [4.69, 9.17) is 15.3 Å². The summed E-state index contributed by atoms with van der Waals surface area (Å²) in [4.78, 5) is 0. The van der Waals surface area contributed by atoms with Gasteiger partial charge in [-0.25, -0.2) is 0 Å². The van der Waals surface area contributed by atoms with Gasteiger partial charge in [-0.2, -0.15) is 0 Å². The van der Waals surface area contributed by atoms with Crippen LogP contribution in [0, 0.1) is 5.41 Å². The zero-order valence-corrected chi connectivity index (χ0v) is 6.19. The van der Waals surface area contributed by atoms with Crippen molar-refractivity contribution in [2.45, 2.75) is 6.92 Å². The van der Waals surface area contributed by atoms with Crippen LogP contribution < -0.4 is 0 Å². The highest BCUT2D eigenvalue weighted by molar-refractivity contribution is 5.85. The predicted octanol–water partition coefficient (Wildman–Crippen LogP) is -0.609. The first-order valence-corrected chi connectivity index (χ1v) is 2.51. The van der Waals surface area contributed by atoms with Crippen molar-refractivity contribution in [2.24, 2.45) is 5.41 Å². The van der Waals surface area contributed by atoms with E-state index in [1.807, 2.05) is 0 Å². The quantitative estimate of drug-likeness (QED) is 0.511. The molecular formula is C5H13ClO3. The van der Waals surface area contributed by atoms with E-state index in [1.54, 1.807) is 6.92 Å². The van der Waals surface area contributed by atoms with Gasteiger partial charge in [0.15, 0.2) is 0 Å². The van der Waals surface area contributed by atoms with Crippen molar-refractivity contribution in [3.05, 3.63) is 0 Å². The zero-order valence-electron chi connectivity index (χ0n) is 5.37. The maximum absolute atomic E-state index is 8.47. The molecule has 0 bridgehead atoms. The average Bonchev–Trinajstić information content (AvgIpc) is 1.87. The van der Waals surface area contributed by atoms with Gasteiger partial charge in [-0.3, -0.25) is 0 Å². The van der Waals surface area contributed by atoms with Crippen molar-refractivity contribution in [1.29, 1.82) is 0 Å². The lowest BCUT2D eigenvalue weighted by Crippen LogP contribution is -2.29. The minimum absolute atomic E-state index is 0. The molecule has 0 saturated heterocycles. The molecule has 9 heavy (non-hydrogen) atoms. The Balaban J connectivity index is 0. The molecule has 0 rings (SSSR count). The van der Waals surface area contributed by atoms with Gasteiger partial charge in [-0.05, 0) is 0 Å². The molecule has 3 N–H and O–H groups in total. The minimum Gasteiger partial charge on any atom is -0.396 e. The molecule has 0 aromatic carbocycles. The Morgan fingerprint density at radius 2 is 1.22 bits per heavy atom. The number of hydrogen-bond acceptors (Lipinski definition) is 3. The molecule has 0 fully saturated rings.